The summed E-state index contributed by atoms with van der Waals surface area (Å²) in [5, 5.41) is 3.34. The number of para-hydroxylation sites is 1. The van der Waals surface area contributed by atoms with E-state index in [2.05, 4.69) is 36.3 Å². The van der Waals surface area contributed by atoms with E-state index in [1.807, 2.05) is 37.5 Å². The van der Waals surface area contributed by atoms with E-state index in [4.69, 9.17) is 4.74 Å². The topological polar surface area (TPSA) is 34.1 Å². The number of hydrogen-bond donors (Lipinski definition) is 1. The molecule has 0 amide bonds. The largest absolute Gasteiger partial charge is 0.493 e. The summed E-state index contributed by atoms with van der Waals surface area (Å²) in [6.07, 6.45) is 2.85. The van der Waals surface area contributed by atoms with E-state index in [0.717, 1.165) is 30.0 Å². The van der Waals surface area contributed by atoms with Crippen LogP contribution in [0.2, 0.25) is 0 Å². The molecule has 0 spiro atoms. The van der Waals surface area contributed by atoms with E-state index in [-0.39, 0.29) is 6.04 Å². The van der Waals surface area contributed by atoms with Gasteiger partial charge in [0.25, 0.3) is 0 Å². The first-order valence-electron chi connectivity index (χ1n) is 7.07. The summed E-state index contributed by atoms with van der Waals surface area (Å²) >= 11 is 0. The second kappa shape index (κ2) is 7.06. The number of pyridine rings is 1. The Morgan fingerprint density at radius 3 is 2.75 bits per heavy atom. The zero-order valence-electron chi connectivity index (χ0n) is 12.4. The van der Waals surface area contributed by atoms with Gasteiger partial charge in [-0.05, 0) is 44.2 Å². The van der Waals surface area contributed by atoms with E-state index >= 15 is 0 Å². The molecule has 0 fully saturated rings. The molecule has 0 radical (unpaired) electrons. The fraction of sp³-hybridized carbons (Fsp3) is 0.353. The minimum absolute atomic E-state index is 0.0444. The van der Waals surface area contributed by atoms with Crippen molar-refractivity contribution in [1.82, 2.24) is 10.3 Å². The molecule has 1 heterocycles. The maximum Gasteiger partial charge on any atom is 0.124 e. The van der Waals surface area contributed by atoms with E-state index in [9.17, 15) is 0 Å². The molecule has 1 aromatic carbocycles. The first kappa shape index (κ1) is 14.5. The van der Waals surface area contributed by atoms with Crippen molar-refractivity contribution in [3.05, 3.63) is 59.4 Å². The molecule has 20 heavy (non-hydrogen) atoms. The monoisotopic (exact) mass is 270 g/mol. The fourth-order valence-corrected chi connectivity index (χ4v) is 2.24. The Balaban J connectivity index is 2.36. The van der Waals surface area contributed by atoms with Crippen LogP contribution in [0.5, 0.6) is 5.75 Å². The number of nitrogens with zero attached hydrogens (tertiary/aromatic N) is 1. The van der Waals surface area contributed by atoms with E-state index in [1.165, 1.54) is 5.56 Å². The summed E-state index contributed by atoms with van der Waals surface area (Å²) in [6, 6.07) is 12.3. The number of benzene rings is 1. The van der Waals surface area contributed by atoms with Crippen LogP contribution in [0.4, 0.5) is 0 Å². The number of aryl methyl sites for hydroxylation is 1. The van der Waals surface area contributed by atoms with Crippen molar-refractivity contribution in [2.45, 2.75) is 26.3 Å². The summed E-state index contributed by atoms with van der Waals surface area (Å²) in [5.74, 6) is 0.928. The predicted molar refractivity (Wildman–Crippen MR) is 82.1 cm³/mol. The first-order valence-corrected chi connectivity index (χ1v) is 7.07. The third-order valence-electron chi connectivity index (χ3n) is 3.21. The summed E-state index contributed by atoms with van der Waals surface area (Å²) in [6.45, 7) is 4.92. The highest BCUT2D eigenvalue weighted by molar-refractivity contribution is 5.40. The van der Waals surface area contributed by atoms with Gasteiger partial charge in [-0.2, -0.15) is 0 Å². The van der Waals surface area contributed by atoms with Crippen LogP contribution in [0.3, 0.4) is 0 Å². The summed E-state index contributed by atoms with van der Waals surface area (Å²) < 4.78 is 5.85. The van der Waals surface area contributed by atoms with Crippen molar-refractivity contribution in [1.29, 1.82) is 0 Å². The van der Waals surface area contributed by atoms with Crippen LogP contribution in [-0.4, -0.2) is 18.6 Å². The second-order valence-electron chi connectivity index (χ2n) is 4.87. The smallest absolute Gasteiger partial charge is 0.124 e. The van der Waals surface area contributed by atoms with Gasteiger partial charge in [-0.3, -0.25) is 4.98 Å². The number of aromatic nitrogens is 1. The number of nitrogens with one attached hydrogen (secondary N) is 1. The highest BCUT2D eigenvalue weighted by Gasteiger charge is 2.17. The SMILES string of the molecule is CCCOc1ccccc1C(NC)c1cc(C)ccn1. The van der Waals surface area contributed by atoms with E-state index < -0.39 is 0 Å². The van der Waals surface area contributed by atoms with Crippen molar-refractivity contribution in [2.24, 2.45) is 0 Å². The summed E-state index contributed by atoms with van der Waals surface area (Å²) in [4.78, 5) is 4.49. The minimum Gasteiger partial charge on any atom is -0.493 e. The van der Waals surface area contributed by atoms with Gasteiger partial charge in [0.1, 0.15) is 5.75 Å². The average molecular weight is 270 g/mol. The molecule has 0 saturated heterocycles. The molecule has 1 N–H and O–H groups in total. The van der Waals surface area contributed by atoms with Crippen LogP contribution >= 0.6 is 0 Å². The van der Waals surface area contributed by atoms with E-state index in [1.54, 1.807) is 0 Å². The molecule has 2 aromatic rings. The lowest BCUT2D eigenvalue weighted by Gasteiger charge is -2.20. The van der Waals surface area contributed by atoms with Gasteiger partial charge in [0.15, 0.2) is 0 Å². The first-order chi connectivity index (χ1) is 9.76. The molecule has 3 heteroatoms. The molecule has 0 aliphatic heterocycles. The molecule has 1 unspecified atom stereocenters. The zero-order valence-corrected chi connectivity index (χ0v) is 12.4. The quantitative estimate of drug-likeness (QED) is 0.872. The maximum atomic E-state index is 5.85. The third-order valence-corrected chi connectivity index (χ3v) is 3.21. The Bertz CT molecular complexity index is 554. The predicted octanol–water partition coefficient (Wildman–Crippen LogP) is 3.49. The molecule has 0 saturated carbocycles. The molecular formula is C17H22N2O. The number of hydrogen-bond acceptors (Lipinski definition) is 3. The van der Waals surface area contributed by atoms with Crippen molar-refractivity contribution >= 4 is 0 Å². The fourth-order valence-electron chi connectivity index (χ4n) is 2.24. The van der Waals surface area contributed by atoms with Gasteiger partial charge >= 0.3 is 0 Å². The Kier molecular flexibility index (Phi) is 5.13. The van der Waals surface area contributed by atoms with Gasteiger partial charge in [-0.1, -0.05) is 25.1 Å². The second-order valence-corrected chi connectivity index (χ2v) is 4.87. The highest BCUT2D eigenvalue weighted by atomic mass is 16.5. The number of rotatable bonds is 6. The van der Waals surface area contributed by atoms with Crippen LogP contribution in [0.1, 0.15) is 36.2 Å². The van der Waals surface area contributed by atoms with E-state index in [0.29, 0.717) is 0 Å². The molecule has 106 valence electrons. The summed E-state index contributed by atoms with van der Waals surface area (Å²) in [7, 11) is 1.95. The third kappa shape index (κ3) is 3.36. The van der Waals surface area contributed by atoms with Crippen molar-refractivity contribution in [3.8, 4) is 5.75 Å². The van der Waals surface area contributed by atoms with Crippen LogP contribution in [-0.2, 0) is 0 Å². The minimum atomic E-state index is 0.0444. The van der Waals surface area contributed by atoms with Gasteiger partial charge in [0.2, 0.25) is 0 Å². The van der Waals surface area contributed by atoms with Gasteiger partial charge < -0.3 is 10.1 Å². The van der Waals surface area contributed by atoms with Gasteiger partial charge in [0, 0.05) is 11.8 Å². The lowest BCUT2D eigenvalue weighted by molar-refractivity contribution is 0.312. The van der Waals surface area contributed by atoms with Crippen LogP contribution < -0.4 is 10.1 Å². The average Bonchev–Trinajstić information content (AvgIpc) is 2.47. The number of ether oxygens (including phenoxy) is 1. The Morgan fingerprint density at radius 1 is 1.25 bits per heavy atom. The van der Waals surface area contributed by atoms with Crippen molar-refractivity contribution in [3.63, 3.8) is 0 Å². The molecule has 0 aliphatic carbocycles. The lowest BCUT2D eigenvalue weighted by atomic mass is 10.0. The normalized spacial score (nSPS) is 12.2. The maximum absolute atomic E-state index is 5.85. The van der Waals surface area contributed by atoms with Crippen LogP contribution in [0, 0.1) is 6.92 Å². The Morgan fingerprint density at radius 2 is 2.05 bits per heavy atom. The zero-order chi connectivity index (χ0) is 14.4. The molecule has 0 bridgehead atoms. The Hall–Kier alpha value is -1.87. The van der Waals surface area contributed by atoms with Crippen molar-refractivity contribution in [2.75, 3.05) is 13.7 Å². The molecular weight excluding hydrogens is 248 g/mol. The van der Waals surface area contributed by atoms with Gasteiger partial charge in [0.05, 0.1) is 18.3 Å². The molecule has 1 atom stereocenters. The summed E-state index contributed by atoms with van der Waals surface area (Å²) in [5.41, 5.74) is 3.35. The van der Waals surface area contributed by atoms with Gasteiger partial charge in [-0.25, -0.2) is 0 Å². The Labute approximate surface area is 121 Å². The van der Waals surface area contributed by atoms with Crippen LogP contribution in [0.15, 0.2) is 42.6 Å². The molecule has 1 aromatic heterocycles. The highest BCUT2D eigenvalue weighted by Crippen LogP contribution is 2.29. The standard InChI is InChI=1S/C17H22N2O/c1-4-11-20-16-8-6-5-7-14(16)17(18-3)15-12-13(2)9-10-19-15/h5-10,12,17-18H,4,11H2,1-3H3. The van der Waals surface area contributed by atoms with Gasteiger partial charge in [-0.15, -0.1) is 0 Å². The molecule has 3 nitrogen and oxygen atoms in total. The molecule has 2 rings (SSSR count). The molecule has 0 aliphatic rings. The lowest BCUT2D eigenvalue weighted by Crippen LogP contribution is -2.20. The van der Waals surface area contributed by atoms with Crippen molar-refractivity contribution < 1.29 is 4.74 Å². The van der Waals surface area contributed by atoms with Crippen LogP contribution in [0.25, 0.3) is 0 Å².